The second kappa shape index (κ2) is 4.35. The third-order valence-corrected chi connectivity index (χ3v) is 6.76. The first kappa shape index (κ1) is 14.1. The van der Waals surface area contributed by atoms with E-state index in [0.29, 0.717) is 0 Å². The molecule has 2 heteroatoms. The van der Waals surface area contributed by atoms with Gasteiger partial charge in [0.05, 0.1) is 14.0 Å². The Labute approximate surface area is 152 Å². The largest absolute Gasteiger partial charge is 0.280 e. The van der Waals surface area contributed by atoms with Crippen molar-refractivity contribution < 1.29 is 5.95 Å². The summed E-state index contributed by atoms with van der Waals surface area (Å²) in [6, 6.07) is 13.9. The van der Waals surface area contributed by atoms with Crippen LogP contribution in [0.25, 0.3) is 11.1 Å². The van der Waals surface area contributed by atoms with Crippen LogP contribution < -0.4 is 0 Å². The van der Waals surface area contributed by atoms with E-state index in [1.165, 1.54) is 39.2 Å². The van der Waals surface area contributed by atoms with Crippen LogP contribution >= 0.6 is 0 Å². The number of hydrogen-bond acceptors (Lipinski definition) is 1. The molecule has 0 fully saturated rings. The lowest BCUT2D eigenvalue weighted by atomic mass is 9.81. The van der Waals surface area contributed by atoms with Crippen molar-refractivity contribution in [2.45, 2.75) is 51.6 Å². The number of hydrogen-bond donors (Lipinski definition) is 0. The number of amidine groups is 1. The summed E-state index contributed by atoms with van der Waals surface area (Å²) in [6.07, 6.45) is 0. The minimum Gasteiger partial charge on any atom is -0.258 e. The third-order valence-electron chi connectivity index (χ3n) is 6.76. The zero-order valence-electron chi connectivity index (χ0n) is 17.0. The van der Waals surface area contributed by atoms with Crippen molar-refractivity contribution in [1.82, 2.24) is 4.90 Å². The Bertz CT molecular complexity index is 999. The van der Waals surface area contributed by atoms with Crippen LogP contribution in [0.15, 0.2) is 36.4 Å². The molecule has 0 saturated carbocycles. The van der Waals surface area contributed by atoms with Crippen LogP contribution in [0.3, 0.4) is 0 Å². The molecule has 0 aromatic heterocycles. The summed E-state index contributed by atoms with van der Waals surface area (Å²) in [6.45, 7) is 11.1. The highest BCUT2D eigenvalue weighted by Gasteiger charge is 2.54. The molecule has 0 radical (unpaired) electrons. The zero-order chi connectivity index (χ0) is 18.6. The van der Waals surface area contributed by atoms with Crippen LogP contribution in [-0.2, 0) is 11.0 Å². The van der Waals surface area contributed by atoms with Crippen LogP contribution in [0.5, 0.6) is 0 Å². The van der Waals surface area contributed by atoms with Crippen LogP contribution in [-0.4, -0.2) is 34.9 Å². The first-order valence-corrected chi connectivity index (χ1v) is 9.28. The highest BCUT2D eigenvalue weighted by atomic mass is 15.4. The average molecular weight is 333 g/mol. The van der Waals surface area contributed by atoms with Crippen molar-refractivity contribution in [3.63, 3.8) is 0 Å². The van der Waals surface area contributed by atoms with Gasteiger partial charge in [0.15, 0.2) is 0 Å². The van der Waals surface area contributed by atoms with Gasteiger partial charge in [0, 0.05) is 11.0 Å². The summed E-state index contributed by atoms with van der Waals surface area (Å²) in [5.41, 5.74) is 8.11. The van der Waals surface area contributed by atoms with E-state index in [1.807, 2.05) is 0 Å². The molecule has 2 aliphatic heterocycles. The molecule has 0 amide bonds. The summed E-state index contributed by atoms with van der Waals surface area (Å²) in [7, 11) is 2.14. The predicted molar refractivity (Wildman–Crippen MR) is 103 cm³/mol. The molecule has 2 unspecified atom stereocenters. The molecule has 2 aromatic carbocycles. The third kappa shape index (κ3) is 1.63. The van der Waals surface area contributed by atoms with Crippen LogP contribution in [0.4, 0.5) is 0 Å². The van der Waals surface area contributed by atoms with E-state index >= 15 is 0 Å². The molecular formula is C23H27N2+. The topological polar surface area (TPSA) is 6.25 Å². The standard InChI is InChI=1S/C23H27N2/c1-14-13-25-21(24(14)6)17-12-19-16(11-20(17)23(25,4)5)15-9-7-8-10-18(15)22(19,2)3/h7-12,14H,13H2,1-6H3/q+1/i13T. The first-order valence-electron chi connectivity index (χ1n) is 9.85. The maximum atomic E-state index is 8.75. The SMILES string of the molecule is [3H]C1C(C)[N+](C)=C2c3cc4c(cc3C(C)(C)N21)-c1ccccc1C4(C)C. The van der Waals surface area contributed by atoms with Crippen LogP contribution in [0.1, 0.15) is 58.2 Å². The lowest BCUT2D eigenvalue weighted by Gasteiger charge is -2.25. The van der Waals surface area contributed by atoms with Gasteiger partial charge in [-0.2, -0.15) is 0 Å². The van der Waals surface area contributed by atoms with E-state index in [-0.39, 0.29) is 23.5 Å². The van der Waals surface area contributed by atoms with E-state index in [0.717, 1.165) is 0 Å². The second-order valence-corrected chi connectivity index (χ2v) is 8.87. The summed E-state index contributed by atoms with van der Waals surface area (Å²) in [5.74, 6) is 1.23. The molecule has 128 valence electrons. The fourth-order valence-corrected chi connectivity index (χ4v) is 5.09. The summed E-state index contributed by atoms with van der Waals surface area (Å²) in [5, 5.41) is 0. The Morgan fingerprint density at radius 1 is 1.00 bits per heavy atom. The molecule has 2 atom stereocenters. The lowest BCUT2D eigenvalue weighted by Crippen LogP contribution is -2.38. The predicted octanol–water partition coefficient (Wildman–Crippen LogP) is 4.33. The van der Waals surface area contributed by atoms with Crippen molar-refractivity contribution in [3.8, 4) is 11.1 Å². The summed E-state index contributed by atoms with van der Waals surface area (Å²) in [4.78, 5) is 2.32. The molecular weight excluding hydrogens is 304 g/mol. The lowest BCUT2D eigenvalue weighted by molar-refractivity contribution is -0.522. The van der Waals surface area contributed by atoms with Crippen molar-refractivity contribution >= 4 is 5.84 Å². The number of benzene rings is 2. The molecule has 0 saturated heterocycles. The van der Waals surface area contributed by atoms with Crippen LogP contribution in [0, 0.1) is 0 Å². The first-order chi connectivity index (χ1) is 12.2. The Balaban J connectivity index is 1.84. The number of likely N-dealkylation sites (N-methyl/N-ethyl adjacent to an activating group) is 1. The summed E-state index contributed by atoms with van der Waals surface area (Å²) >= 11 is 0. The second-order valence-electron chi connectivity index (χ2n) is 8.87. The number of rotatable bonds is 0. The van der Waals surface area contributed by atoms with Gasteiger partial charge in [-0.05, 0) is 55.2 Å². The smallest absolute Gasteiger partial charge is 0.258 e. The minimum atomic E-state index is -0.229. The normalized spacial score (nSPS) is 27.8. The highest BCUT2D eigenvalue weighted by Crippen LogP contribution is 2.52. The Morgan fingerprint density at radius 3 is 2.44 bits per heavy atom. The molecule has 0 bridgehead atoms. The van der Waals surface area contributed by atoms with Gasteiger partial charge in [-0.25, -0.2) is 4.90 Å². The van der Waals surface area contributed by atoms with Crippen molar-refractivity contribution in [3.05, 3.63) is 58.7 Å². The maximum Gasteiger partial charge on any atom is 0.280 e. The average Bonchev–Trinajstić information content (AvgIpc) is 3.08. The van der Waals surface area contributed by atoms with Gasteiger partial charge in [-0.3, -0.25) is 4.58 Å². The van der Waals surface area contributed by atoms with Gasteiger partial charge >= 0.3 is 0 Å². The summed E-state index contributed by atoms with van der Waals surface area (Å²) < 4.78 is 11.1. The quantitative estimate of drug-likeness (QED) is 0.650. The van der Waals surface area contributed by atoms with Gasteiger partial charge in [0.25, 0.3) is 5.84 Å². The van der Waals surface area contributed by atoms with Crippen LogP contribution in [0.2, 0.25) is 0 Å². The molecule has 0 N–H and O–H groups in total. The molecule has 2 heterocycles. The van der Waals surface area contributed by atoms with E-state index < -0.39 is 0 Å². The fraction of sp³-hybridized carbons (Fsp3) is 0.435. The van der Waals surface area contributed by atoms with Gasteiger partial charge in [0.2, 0.25) is 0 Å². The van der Waals surface area contributed by atoms with Crippen molar-refractivity contribution in [2.75, 3.05) is 13.6 Å². The highest BCUT2D eigenvalue weighted by molar-refractivity contribution is 6.03. The number of fused-ring (bicyclic) bond motifs is 6. The van der Waals surface area contributed by atoms with Crippen molar-refractivity contribution in [1.29, 1.82) is 0 Å². The molecule has 1 aliphatic carbocycles. The minimum absolute atomic E-state index is 0.0161. The Morgan fingerprint density at radius 2 is 1.68 bits per heavy atom. The van der Waals surface area contributed by atoms with Crippen molar-refractivity contribution in [2.24, 2.45) is 0 Å². The van der Waals surface area contributed by atoms with Gasteiger partial charge in [-0.15, -0.1) is 0 Å². The molecule has 25 heavy (non-hydrogen) atoms. The van der Waals surface area contributed by atoms with Gasteiger partial charge in [0.1, 0.15) is 18.1 Å². The zero-order valence-corrected chi connectivity index (χ0v) is 16.0. The van der Waals surface area contributed by atoms with E-state index in [4.69, 9.17) is 1.37 Å². The molecule has 2 nitrogen and oxygen atoms in total. The monoisotopic (exact) mass is 333 g/mol. The van der Waals surface area contributed by atoms with Gasteiger partial charge in [-0.1, -0.05) is 38.1 Å². The molecule has 5 rings (SSSR count). The number of nitrogens with zero attached hydrogens (tertiary/aromatic N) is 2. The maximum absolute atomic E-state index is 8.75. The molecule has 2 aromatic rings. The molecule has 3 aliphatic rings. The Kier molecular flexibility index (Phi) is 2.46. The van der Waals surface area contributed by atoms with E-state index in [9.17, 15) is 0 Å². The van der Waals surface area contributed by atoms with E-state index in [2.05, 4.69) is 87.5 Å². The van der Waals surface area contributed by atoms with E-state index in [1.54, 1.807) is 0 Å². The molecule has 0 spiro atoms. The van der Waals surface area contributed by atoms with Gasteiger partial charge < -0.3 is 0 Å². The fourth-order valence-electron chi connectivity index (χ4n) is 5.09. The Hall–Kier alpha value is -2.09.